The van der Waals surface area contributed by atoms with E-state index >= 15 is 0 Å². The van der Waals surface area contributed by atoms with Gasteiger partial charge in [0, 0.05) is 25.2 Å². The summed E-state index contributed by atoms with van der Waals surface area (Å²) in [5.74, 6) is 0.404. The number of aryl methyl sites for hydroxylation is 1. The summed E-state index contributed by atoms with van der Waals surface area (Å²) in [6, 6.07) is 5.36. The van der Waals surface area contributed by atoms with Crippen molar-refractivity contribution in [2.24, 2.45) is 5.41 Å². The van der Waals surface area contributed by atoms with Crippen LogP contribution in [0.5, 0.6) is 5.75 Å². The highest BCUT2D eigenvalue weighted by molar-refractivity contribution is 5.95. The summed E-state index contributed by atoms with van der Waals surface area (Å²) in [4.78, 5) is 27.0. The molecule has 6 nitrogen and oxygen atoms in total. The largest absolute Gasteiger partial charge is 0.496 e. The molecular weight excluding hydrogens is 308 g/mol. The summed E-state index contributed by atoms with van der Waals surface area (Å²) in [5, 5.41) is 13.3. The van der Waals surface area contributed by atoms with E-state index in [1.165, 1.54) is 0 Å². The van der Waals surface area contributed by atoms with E-state index in [0.29, 0.717) is 37.2 Å². The van der Waals surface area contributed by atoms with E-state index in [9.17, 15) is 14.7 Å². The number of nitrogens with one attached hydrogen (secondary N) is 1. The number of hydrogen-bond acceptors (Lipinski definition) is 4. The quantitative estimate of drug-likeness (QED) is 0.850. The SMILES string of the molecule is COc1cc(C(=O)N2CC[C@H](O)[C@@]3(CCCNC3=O)C2)ccc1C. The van der Waals surface area contributed by atoms with Gasteiger partial charge in [-0.2, -0.15) is 0 Å². The summed E-state index contributed by atoms with van der Waals surface area (Å²) in [5.41, 5.74) is 0.632. The van der Waals surface area contributed by atoms with Gasteiger partial charge in [-0.3, -0.25) is 9.59 Å². The first-order chi connectivity index (χ1) is 11.5. The van der Waals surface area contributed by atoms with Crippen LogP contribution in [-0.2, 0) is 4.79 Å². The van der Waals surface area contributed by atoms with Crippen LogP contribution in [0, 0.1) is 12.3 Å². The number of hydrogen-bond donors (Lipinski definition) is 2. The van der Waals surface area contributed by atoms with Gasteiger partial charge in [0.2, 0.25) is 5.91 Å². The summed E-state index contributed by atoms with van der Waals surface area (Å²) in [6.07, 6.45) is 1.15. The maximum atomic E-state index is 12.9. The fraction of sp³-hybridized carbons (Fsp3) is 0.556. The van der Waals surface area contributed by atoms with Gasteiger partial charge in [-0.25, -0.2) is 0 Å². The van der Waals surface area contributed by atoms with E-state index in [1.54, 1.807) is 24.1 Å². The van der Waals surface area contributed by atoms with Gasteiger partial charge in [0.1, 0.15) is 5.75 Å². The molecule has 0 aromatic heterocycles. The van der Waals surface area contributed by atoms with Crippen molar-refractivity contribution in [3.8, 4) is 5.75 Å². The number of nitrogens with zero attached hydrogens (tertiary/aromatic N) is 1. The van der Waals surface area contributed by atoms with Gasteiger partial charge >= 0.3 is 0 Å². The van der Waals surface area contributed by atoms with Crippen molar-refractivity contribution in [3.63, 3.8) is 0 Å². The average Bonchev–Trinajstić information content (AvgIpc) is 2.59. The molecule has 2 atom stereocenters. The lowest BCUT2D eigenvalue weighted by atomic mass is 9.71. The van der Waals surface area contributed by atoms with Crippen LogP contribution in [-0.4, -0.2) is 54.7 Å². The Balaban J connectivity index is 1.84. The van der Waals surface area contributed by atoms with Gasteiger partial charge in [0.25, 0.3) is 5.91 Å². The second-order valence-corrected chi connectivity index (χ2v) is 6.73. The maximum Gasteiger partial charge on any atom is 0.254 e. The Morgan fingerprint density at radius 2 is 2.25 bits per heavy atom. The molecule has 3 rings (SSSR count). The second kappa shape index (κ2) is 6.43. The Morgan fingerprint density at radius 3 is 2.96 bits per heavy atom. The molecule has 6 heteroatoms. The lowest BCUT2D eigenvalue weighted by Crippen LogP contribution is -2.62. The smallest absolute Gasteiger partial charge is 0.254 e. The number of amides is 2. The highest BCUT2D eigenvalue weighted by Gasteiger charge is 2.50. The number of piperidine rings is 2. The normalized spacial score (nSPS) is 27.0. The van der Waals surface area contributed by atoms with E-state index in [2.05, 4.69) is 5.32 Å². The monoisotopic (exact) mass is 332 g/mol. The minimum atomic E-state index is -0.874. The van der Waals surface area contributed by atoms with Gasteiger partial charge in [-0.05, 0) is 43.9 Å². The molecule has 1 aromatic rings. The number of ether oxygens (including phenoxy) is 1. The number of methoxy groups -OCH3 is 1. The van der Waals surface area contributed by atoms with Gasteiger partial charge in [0.05, 0.1) is 18.6 Å². The highest BCUT2D eigenvalue weighted by atomic mass is 16.5. The first-order valence-corrected chi connectivity index (χ1v) is 8.38. The van der Waals surface area contributed by atoms with Gasteiger partial charge in [0.15, 0.2) is 0 Å². The fourth-order valence-corrected chi connectivity index (χ4v) is 3.75. The molecule has 2 saturated heterocycles. The van der Waals surface area contributed by atoms with Crippen LogP contribution >= 0.6 is 0 Å². The third-order valence-electron chi connectivity index (χ3n) is 5.26. The number of carbonyl (C=O) groups is 2. The van der Waals surface area contributed by atoms with E-state index in [0.717, 1.165) is 12.0 Å². The van der Waals surface area contributed by atoms with Crippen molar-refractivity contribution in [2.75, 3.05) is 26.7 Å². The van der Waals surface area contributed by atoms with Crippen LogP contribution < -0.4 is 10.1 Å². The van der Waals surface area contributed by atoms with Crippen LogP contribution in [0.1, 0.15) is 35.2 Å². The molecule has 2 fully saturated rings. The third-order valence-corrected chi connectivity index (χ3v) is 5.26. The predicted molar refractivity (Wildman–Crippen MR) is 88.9 cm³/mol. The van der Waals surface area contributed by atoms with Crippen LogP contribution in [0.25, 0.3) is 0 Å². The number of rotatable bonds is 2. The van der Waals surface area contributed by atoms with Gasteiger partial charge in [-0.15, -0.1) is 0 Å². The minimum absolute atomic E-state index is 0.127. The summed E-state index contributed by atoms with van der Waals surface area (Å²) in [7, 11) is 1.58. The van der Waals surface area contributed by atoms with Crippen LogP contribution in [0.15, 0.2) is 18.2 Å². The van der Waals surface area contributed by atoms with E-state index < -0.39 is 11.5 Å². The molecule has 130 valence electrons. The molecule has 1 spiro atoms. The maximum absolute atomic E-state index is 12.9. The third kappa shape index (κ3) is 2.75. The molecule has 0 radical (unpaired) electrons. The summed E-state index contributed by atoms with van der Waals surface area (Å²) in [6.45, 7) is 3.27. The molecule has 1 aromatic carbocycles. The predicted octanol–water partition coefficient (Wildman–Crippen LogP) is 1.11. The number of benzene rings is 1. The number of carbonyl (C=O) groups excluding carboxylic acids is 2. The standard InChI is InChI=1S/C18H24N2O4/c1-12-4-5-13(10-14(12)24-2)16(22)20-9-6-15(21)18(11-20)7-3-8-19-17(18)23/h4-5,10,15,21H,3,6-9,11H2,1-2H3,(H,19,23)/t15-,18+/m0/s1. The van der Waals surface area contributed by atoms with Crippen LogP contribution in [0.2, 0.25) is 0 Å². The highest BCUT2D eigenvalue weighted by Crippen LogP contribution is 2.37. The topological polar surface area (TPSA) is 78.9 Å². The van der Waals surface area contributed by atoms with E-state index in [-0.39, 0.29) is 18.4 Å². The Morgan fingerprint density at radius 1 is 1.46 bits per heavy atom. The van der Waals surface area contributed by atoms with Crippen molar-refractivity contribution < 1.29 is 19.4 Å². The second-order valence-electron chi connectivity index (χ2n) is 6.73. The molecule has 2 aliphatic rings. The zero-order chi connectivity index (χ0) is 17.3. The Bertz CT molecular complexity index is 660. The molecule has 24 heavy (non-hydrogen) atoms. The molecule has 0 aliphatic carbocycles. The molecular formula is C18H24N2O4. The average molecular weight is 332 g/mol. The molecule has 0 unspecified atom stereocenters. The van der Waals surface area contributed by atoms with Crippen molar-refractivity contribution >= 4 is 11.8 Å². The Kier molecular flexibility index (Phi) is 4.49. The first kappa shape index (κ1) is 16.8. The molecule has 0 bridgehead atoms. The van der Waals surface area contributed by atoms with Crippen molar-refractivity contribution in [3.05, 3.63) is 29.3 Å². The number of aliphatic hydroxyl groups is 1. The zero-order valence-corrected chi connectivity index (χ0v) is 14.2. The minimum Gasteiger partial charge on any atom is -0.496 e. The lowest BCUT2D eigenvalue weighted by Gasteiger charge is -2.46. The lowest BCUT2D eigenvalue weighted by molar-refractivity contribution is -0.147. The number of likely N-dealkylation sites (tertiary alicyclic amines) is 1. The van der Waals surface area contributed by atoms with Crippen molar-refractivity contribution in [1.29, 1.82) is 0 Å². The molecule has 0 saturated carbocycles. The van der Waals surface area contributed by atoms with Crippen molar-refractivity contribution in [1.82, 2.24) is 10.2 Å². The van der Waals surface area contributed by atoms with Gasteiger partial charge in [-0.1, -0.05) is 6.07 Å². The molecule has 2 amide bonds. The van der Waals surface area contributed by atoms with E-state index in [1.807, 2.05) is 13.0 Å². The zero-order valence-electron chi connectivity index (χ0n) is 14.2. The fourth-order valence-electron chi connectivity index (χ4n) is 3.75. The molecule has 2 aliphatic heterocycles. The molecule has 2 N–H and O–H groups in total. The number of aliphatic hydroxyl groups excluding tert-OH is 1. The van der Waals surface area contributed by atoms with Crippen LogP contribution in [0.3, 0.4) is 0 Å². The van der Waals surface area contributed by atoms with Gasteiger partial charge < -0.3 is 20.1 Å². The van der Waals surface area contributed by atoms with E-state index in [4.69, 9.17) is 4.74 Å². The Labute approximate surface area is 141 Å². The summed E-state index contributed by atoms with van der Waals surface area (Å²) < 4.78 is 5.29. The first-order valence-electron chi connectivity index (χ1n) is 8.38. The van der Waals surface area contributed by atoms with Crippen LogP contribution in [0.4, 0.5) is 0 Å². The van der Waals surface area contributed by atoms with Crippen molar-refractivity contribution in [2.45, 2.75) is 32.3 Å². The Hall–Kier alpha value is -2.08. The summed E-state index contributed by atoms with van der Waals surface area (Å²) >= 11 is 0. The molecule has 2 heterocycles.